The average molecular weight is 799 g/mol. The Hall–Kier alpha value is -6.84. The molecular formula is C43H46N10O6. The Labute approximate surface area is 340 Å². The largest absolute Gasteiger partial charge is 0.453 e. The van der Waals surface area contributed by atoms with Crippen molar-refractivity contribution in [2.75, 3.05) is 27.3 Å². The number of ether oxygens (including phenoxy) is 2. The maximum atomic E-state index is 14.0. The molecule has 2 fully saturated rings. The summed E-state index contributed by atoms with van der Waals surface area (Å²) in [7, 11) is 2.56. The quantitative estimate of drug-likeness (QED) is 0.121. The maximum Gasteiger partial charge on any atom is 0.407 e. The van der Waals surface area contributed by atoms with E-state index in [0.717, 1.165) is 64.4 Å². The van der Waals surface area contributed by atoms with E-state index in [-0.39, 0.29) is 29.8 Å². The van der Waals surface area contributed by atoms with E-state index in [1.54, 1.807) is 22.2 Å². The number of carbonyl (C=O) groups is 4. The molecule has 3 aromatic heterocycles. The van der Waals surface area contributed by atoms with Crippen LogP contribution in [-0.2, 0) is 19.1 Å². The van der Waals surface area contributed by atoms with Gasteiger partial charge < -0.3 is 39.9 Å². The molecule has 3 aromatic carbocycles. The first-order valence-electron chi connectivity index (χ1n) is 19.8. The van der Waals surface area contributed by atoms with E-state index in [1.807, 2.05) is 80.6 Å². The van der Waals surface area contributed by atoms with Gasteiger partial charge in [-0.3, -0.25) is 9.59 Å². The number of H-pyrrole nitrogens is 2. The number of carbonyl (C=O) groups excluding carboxylic acids is 4. The Kier molecular flexibility index (Phi) is 10.9. The lowest BCUT2D eigenvalue weighted by Gasteiger charge is -2.29. The van der Waals surface area contributed by atoms with E-state index in [4.69, 9.17) is 29.4 Å². The maximum absolute atomic E-state index is 14.0. The van der Waals surface area contributed by atoms with Crippen LogP contribution in [0.15, 0.2) is 79.1 Å². The molecule has 0 bridgehead atoms. The zero-order valence-electron chi connectivity index (χ0n) is 33.3. The van der Waals surface area contributed by atoms with Gasteiger partial charge in [0.25, 0.3) is 5.91 Å². The van der Waals surface area contributed by atoms with Crippen molar-refractivity contribution >= 4 is 46.1 Å². The first-order chi connectivity index (χ1) is 28.6. The Balaban J connectivity index is 0.980. The van der Waals surface area contributed by atoms with Crippen LogP contribution in [0.5, 0.6) is 0 Å². The van der Waals surface area contributed by atoms with Crippen molar-refractivity contribution < 1.29 is 28.7 Å². The van der Waals surface area contributed by atoms with Gasteiger partial charge in [-0.1, -0.05) is 50.2 Å². The first kappa shape index (κ1) is 39.0. The van der Waals surface area contributed by atoms with Crippen molar-refractivity contribution in [3.05, 3.63) is 96.3 Å². The molecule has 2 aliphatic heterocycles. The smallest absolute Gasteiger partial charge is 0.407 e. The van der Waals surface area contributed by atoms with Crippen LogP contribution in [0.2, 0.25) is 0 Å². The molecule has 2 saturated heterocycles. The summed E-state index contributed by atoms with van der Waals surface area (Å²) in [4.78, 5) is 81.4. The molecule has 4 amide bonds. The van der Waals surface area contributed by atoms with Crippen molar-refractivity contribution in [3.63, 3.8) is 0 Å². The van der Waals surface area contributed by atoms with Gasteiger partial charge in [0.05, 0.1) is 48.4 Å². The van der Waals surface area contributed by atoms with Gasteiger partial charge in [-0.25, -0.2) is 29.5 Å². The lowest BCUT2D eigenvalue weighted by Crippen LogP contribution is -2.51. The highest BCUT2D eigenvalue weighted by Crippen LogP contribution is 2.36. The zero-order valence-corrected chi connectivity index (χ0v) is 33.3. The van der Waals surface area contributed by atoms with Crippen LogP contribution in [0.4, 0.5) is 9.59 Å². The van der Waals surface area contributed by atoms with E-state index in [9.17, 15) is 19.2 Å². The lowest BCUT2D eigenvalue weighted by molar-refractivity contribution is -0.135. The van der Waals surface area contributed by atoms with Crippen LogP contribution in [0.25, 0.3) is 44.6 Å². The minimum atomic E-state index is -0.902. The van der Waals surface area contributed by atoms with E-state index >= 15 is 0 Å². The second-order valence-electron chi connectivity index (χ2n) is 15.2. The molecule has 304 valence electrons. The van der Waals surface area contributed by atoms with Crippen LogP contribution in [0.1, 0.15) is 74.9 Å². The monoisotopic (exact) mass is 798 g/mol. The van der Waals surface area contributed by atoms with Crippen LogP contribution < -0.4 is 10.6 Å². The molecule has 6 aromatic rings. The summed E-state index contributed by atoms with van der Waals surface area (Å²) in [6.07, 6.45) is 5.36. The van der Waals surface area contributed by atoms with Crippen molar-refractivity contribution in [2.24, 2.45) is 5.92 Å². The molecule has 2 aliphatic rings. The summed E-state index contributed by atoms with van der Waals surface area (Å²) in [5, 5.41) is 5.40. The van der Waals surface area contributed by atoms with Crippen LogP contribution >= 0.6 is 0 Å². The highest BCUT2D eigenvalue weighted by molar-refractivity contribution is 5.89. The summed E-state index contributed by atoms with van der Waals surface area (Å²) in [6, 6.07) is 18.7. The van der Waals surface area contributed by atoms with Gasteiger partial charge in [-0.15, -0.1) is 0 Å². The predicted molar refractivity (Wildman–Crippen MR) is 218 cm³/mol. The summed E-state index contributed by atoms with van der Waals surface area (Å²) >= 11 is 0. The first-order valence-corrected chi connectivity index (χ1v) is 19.8. The fourth-order valence-electron chi connectivity index (χ4n) is 8.10. The fourth-order valence-corrected chi connectivity index (χ4v) is 8.10. The summed E-state index contributed by atoms with van der Waals surface area (Å²) in [5.41, 5.74) is 6.34. The highest BCUT2D eigenvalue weighted by atomic mass is 16.5. The minimum absolute atomic E-state index is 0.123. The average Bonchev–Trinajstić information content (AvgIpc) is 4.09. The van der Waals surface area contributed by atoms with Crippen molar-refractivity contribution in [1.82, 2.24) is 50.3 Å². The molecule has 0 spiro atoms. The molecular weight excluding hydrogens is 753 g/mol. The molecule has 0 aliphatic carbocycles. The van der Waals surface area contributed by atoms with Crippen molar-refractivity contribution in [1.29, 1.82) is 0 Å². The van der Waals surface area contributed by atoms with E-state index in [2.05, 4.69) is 20.6 Å². The zero-order chi connectivity index (χ0) is 41.2. The van der Waals surface area contributed by atoms with Gasteiger partial charge in [0.1, 0.15) is 23.7 Å². The number of hydrogen-bond donors (Lipinski definition) is 4. The highest BCUT2D eigenvalue weighted by Gasteiger charge is 2.39. The molecule has 16 nitrogen and oxygen atoms in total. The van der Waals surface area contributed by atoms with Gasteiger partial charge in [-0.05, 0) is 73.1 Å². The lowest BCUT2D eigenvalue weighted by atomic mass is 10.0. The number of imidazole rings is 2. The fraction of sp³-hybridized carbons (Fsp3) is 0.349. The molecule has 8 rings (SSSR count). The van der Waals surface area contributed by atoms with E-state index in [0.29, 0.717) is 36.1 Å². The molecule has 0 unspecified atom stereocenters. The van der Waals surface area contributed by atoms with Gasteiger partial charge in [0, 0.05) is 36.6 Å². The minimum Gasteiger partial charge on any atom is -0.453 e. The summed E-state index contributed by atoms with van der Waals surface area (Å²) < 4.78 is 9.60. The molecule has 59 heavy (non-hydrogen) atoms. The third-order valence-electron chi connectivity index (χ3n) is 11.2. The van der Waals surface area contributed by atoms with Gasteiger partial charge in [0.15, 0.2) is 5.82 Å². The van der Waals surface area contributed by atoms with Gasteiger partial charge in [-0.2, -0.15) is 0 Å². The SMILES string of the molecule is COC(=O)N[C@H](C(=O)N1CCC[C@H]1c1nc2ccc(-c3ncc(-c4ccc5nc([C@@H]6CCCN6C(=O)[C@@H](NC(=O)OC)C(C)C)[nH]c5c4)cn3)cc2[nH]1)c1ccccc1. The van der Waals surface area contributed by atoms with Gasteiger partial charge >= 0.3 is 12.2 Å². The Bertz CT molecular complexity index is 2500. The summed E-state index contributed by atoms with van der Waals surface area (Å²) in [5.74, 6) is 1.40. The molecule has 0 radical (unpaired) electrons. The number of fused-ring (bicyclic) bond motifs is 2. The number of benzene rings is 3. The number of likely N-dealkylation sites (tertiary alicyclic amines) is 2. The third-order valence-corrected chi connectivity index (χ3v) is 11.2. The standard InChI is InChI=1S/C43H46N10O6/c1-24(2)35(50-42(56)58-3)40(54)52-18-8-12-33(52)38-46-29-16-14-26(20-31(29)48-38)28-22-44-37(45-23-28)27-15-17-30-32(21-27)49-39(47-30)34-13-9-19-53(34)41(55)36(51-43(57)59-4)25-10-6-5-7-11-25/h5-7,10-11,14-17,20-24,33-36H,8-9,12-13,18-19H2,1-4H3,(H,46,48)(H,47,49)(H,50,56)(H,51,57)/t33-,34-,35-,36-/m0/s1. The number of nitrogens with one attached hydrogen (secondary N) is 4. The third kappa shape index (κ3) is 7.89. The number of nitrogens with zero attached hydrogens (tertiary/aromatic N) is 6. The molecule has 0 saturated carbocycles. The number of rotatable bonds is 10. The number of amides is 4. The summed E-state index contributed by atoms with van der Waals surface area (Å²) in [6.45, 7) is 4.89. The molecule has 4 atom stereocenters. The van der Waals surface area contributed by atoms with Crippen LogP contribution in [-0.4, -0.2) is 97.1 Å². The van der Waals surface area contributed by atoms with E-state index < -0.39 is 24.3 Å². The number of aromatic nitrogens is 6. The number of aromatic amines is 2. The van der Waals surface area contributed by atoms with Crippen molar-refractivity contribution in [3.8, 4) is 22.5 Å². The Morgan fingerprint density at radius 1 is 0.695 bits per heavy atom. The Morgan fingerprint density at radius 2 is 1.24 bits per heavy atom. The topological polar surface area (TPSA) is 200 Å². The Morgan fingerprint density at radius 3 is 1.81 bits per heavy atom. The number of alkyl carbamates (subject to hydrolysis) is 2. The van der Waals surface area contributed by atoms with Gasteiger partial charge in [0.2, 0.25) is 5.91 Å². The predicted octanol–water partition coefficient (Wildman–Crippen LogP) is 6.37. The van der Waals surface area contributed by atoms with Crippen molar-refractivity contribution in [2.45, 2.75) is 63.7 Å². The molecule has 4 N–H and O–H groups in total. The number of methoxy groups -OCH3 is 2. The normalized spacial score (nSPS) is 17.6. The second-order valence-corrected chi connectivity index (χ2v) is 15.2. The van der Waals surface area contributed by atoms with E-state index in [1.165, 1.54) is 14.2 Å². The number of hydrogen-bond acceptors (Lipinski definition) is 10. The molecule has 16 heteroatoms. The second kappa shape index (κ2) is 16.6. The van der Waals surface area contributed by atoms with Crippen LogP contribution in [0, 0.1) is 5.92 Å². The van der Waals surface area contributed by atoms with Crippen LogP contribution in [0.3, 0.4) is 0 Å². The molecule has 5 heterocycles.